The lowest BCUT2D eigenvalue weighted by atomic mass is 9.95. The van der Waals surface area contributed by atoms with Gasteiger partial charge >= 0.3 is 0 Å². The summed E-state index contributed by atoms with van der Waals surface area (Å²) in [5.74, 6) is -0.837. The quantitative estimate of drug-likeness (QED) is 0.860. The summed E-state index contributed by atoms with van der Waals surface area (Å²) in [6, 6.07) is 5.70. The average Bonchev–Trinajstić information content (AvgIpc) is 2.51. The van der Waals surface area contributed by atoms with E-state index in [1.54, 1.807) is 13.0 Å². The molecule has 0 radical (unpaired) electrons. The average molecular weight is 264 g/mol. The molecule has 1 aliphatic heterocycles. The normalized spacial score (nSPS) is 23.4. The molecule has 102 valence electrons. The van der Waals surface area contributed by atoms with E-state index in [0.717, 1.165) is 12.8 Å². The number of amides is 2. The van der Waals surface area contributed by atoms with Crippen LogP contribution in [-0.2, 0) is 9.59 Å². The maximum absolute atomic E-state index is 13.1. The summed E-state index contributed by atoms with van der Waals surface area (Å²) < 4.78 is 13.1. The van der Waals surface area contributed by atoms with Crippen molar-refractivity contribution in [2.75, 3.05) is 5.32 Å². The first-order valence-corrected chi connectivity index (χ1v) is 6.38. The summed E-state index contributed by atoms with van der Waals surface area (Å²) >= 11 is 0. The van der Waals surface area contributed by atoms with Crippen molar-refractivity contribution in [1.29, 1.82) is 0 Å². The Labute approximate surface area is 111 Å². The Morgan fingerprint density at radius 2 is 2.21 bits per heavy atom. The molecule has 4 nitrogen and oxygen atoms in total. The minimum Gasteiger partial charge on any atom is -0.342 e. The first kappa shape index (κ1) is 13.5. The smallest absolute Gasteiger partial charge is 0.249 e. The predicted molar refractivity (Wildman–Crippen MR) is 70.0 cm³/mol. The Bertz CT molecular complexity index is 504. The monoisotopic (exact) mass is 264 g/mol. The SMILES string of the molecule is CC1(C(=O)Nc2cccc(F)c2)CCCCC(=O)N1. The minimum absolute atomic E-state index is 0.116. The van der Waals surface area contributed by atoms with E-state index in [2.05, 4.69) is 10.6 Å². The van der Waals surface area contributed by atoms with Crippen LogP contribution in [-0.4, -0.2) is 17.4 Å². The van der Waals surface area contributed by atoms with Crippen LogP contribution in [0.2, 0.25) is 0 Å². The number of anilines is 1. The Morgan fingerprint density at radius 1 is 1.42 bits per heavy atom. The molecule has 1 saturated heterocycles. The van der Waals surface area contributed by atoms with Crippen LogP contribution < -0.4 is 10.6 Å². The molecule has 1 aromatic carbocycles. The van der Waals surface area contributed by atoms with E-state index in [4.69, 9.17) is 0 Å². The van der Waals surface area contributed by atoms with Gasteiger partial charge in [0.15, 0.2) is 0 Å². The van der Waals surface area contributed by atoms with Gasteiger partial charge in [0.1, 0.15) is 11.4 Å². The van der Waals surface area contributed by atoms with Crippen molar-refractivity contribution in [3.8, 4) is 0 Å². The topological polar surface area (TPSA) is 58.2 Å². The zero-order chi connectivity index (χ0) is 13.9. The summed E-state index contributed by atoms with van der Waals surface area (Å²) in [4.78, 5) is 23.8. The van der Waals surface area contributed by atoms with Crippen molar-refractivity contribution in [3.05, 3.63) is 30.1 Å². The maximum atomic E-state index is 13.1. The molecule has 2 rings (SSSR count). The number of nitrogens with one attached hydrogen (secondary N) is 2. The highest BCUT2D eigenvalue weighted by molar-refractivity contribution is 6.00. The van der Waals surface area contributed by atoms with Crippen molar-refractivity contribution < 1.29 is 14.0 Å². The molecule has 0 saturated carbocycles. The molecular formula is C14H17FN2O2. The molecule has 0 aliphatic carbocycles. The van der Waals surface area contributed by atoms with E-state index in [-0.39, 0.29) is 11.8 Å². The molecule has 1 aromatic rings. The van der Waals surface area contributed by atoms with Gasteiger partial charge in [-0.15, -0.1) is 0 Å². The third-order valence-electron chi connectivity index (χ3n) is 3.33. The zero-order valence-electron chi connectivity index (χ0n) is 10.8. The van der Waals surface area contributed by atoms with Gasteiger partial charge in [0.25, 0.3) is 0 Å². The lowest BCUT2D eigenvalue weighted by molar-refractivity contribution is -0.129. The molecule has 2 amide bonds. The van der Waals surface area contributed by atoms with Gasteiger partial charge in [0, 0.05) is 12.1 Å². The van der Waals surface area contributed by atoms with E-state index in [1.807, 2.05) is 0 Å². The van der Waals surface area contributed by atoms with Crippen LogP contribution in [0, 0.1) is 5.82 Å². The molecular weight excluding hydrogens is 247 g/mol. The highest BCUT2D eigenvalue weighted by Crippen LogP contribution is 2.21. The van der Waals surface area contributed by atoms with Gasteiger partial charge in [-0.1, -0.05) is 12.5 Å². The molecule has 1 unspecified atom stereocenters. The van der Waals surface area contributed by atoms with E-state index in [0.29, 0.717) is 18.5 Å². The lowest BCUT2D eigenvalue weighted by Gasteiger charge is -2.27. The molecule has 2 N–H and O–H groups in total. The molecule has 5 heteroatoms. The number of halogens is 1. The standard InChI is InChI=1S/C14H17FN2O2/c1-14(8-3-2-7-12(18)17-14)13(19)16-11-6-4-5-10(15)9-11/h4-6,9H,2-3,7-8H2,1H3,(H,16,19)(H,17,18). The van der Waals surface area contributed by atoms with E-state index in [9.17, 15) is 14.0 Å². The second-order valence-corrected chi connectivity index (χ2v) is 5.05. The van der Waals surface area contributed by atoms with E-state index in [1.165, 1.54) is 18.2 Å². The second-order valence-electron chi connectivity index (χ2n) is 5.05. The van der Waals surface area contributed by atoms with Gasteiger partial charge in [0.2, 0.25) is 11.8 Å². The Morgan fingerprint density at radius 3 is 2.95 bits per heavy atom. The molecule has 1 aliphatic rings. The van der Waals surface area contributed by atoms with E-state index < -0.39 is 11.4 Å². The lowest BCUT2D eigenvalue weighted by Crippen LogP contribution is -2.53. The van der Waals surface area contributed by atoms with Gasteiger partial charge in [-0.05, 0) is 38.0 Å². The third kappa shape index (κ3) is 3.30. The van der Waals surface area contributed by atoms with Crippen LogP contribution in [0.4, 0.5) is 10.1 Å². The number of rotatable bonds is 2. The highest BCUT2D eigenvalue weighted by Gasteiger charge is 2.35. The number of carbonyl (C=O) groups excluding carboxylic acids is 2. The maximum Gasteiger partial charge on any atom is 0.249 e. The first-order valence-electron chi connectivity index (χ1n) is 6.38. The summed E-state index contributed by atoms with van der Waals surface area (Å²) in [7, 11) is 0. The Balaban J connectivity index is 2.11. The van der Waals surface area contributed by atoms with Gasteiger partial charge in [-0.3, -0.25) is 9.59 Å². The number of benzene rings is 1. The van der Waals surface area contributed by atoms with Crippen molar-refractivity contribution in [3.63, 3.8) is 0 Å². The molecule has 0 spiro atoms. The first-order chi connectivity index (χ1) is 8.99. The molecule has 19 heavy (non-hydrogen) atoms. The second kappa shape index (κ2) is 5.38. The van der Waals surface area contributed by atoms with Gasteiger partial charge in [-0.2, -0.15) is 0 Å². The molecule has 1 atom stereocenters. The summed E-state index contributed by atoms with van der Waals surface area (Å²) in [5, 5.41) is 5.39. The fourth-order valence-corrected chi connectivity index (χ4v) is 2.20. The highest BCUT2D eigenvalue weighted by atomic mass is 19.1. The van der Waals surface area contributed by atoms with Crippen LogP contribution in [0.25, 0.3) is 0 Å². The van der Waals surface area contributed by atoms with Crippen molar-refractivity contribution in [2.24, 2.45) is 0 Å². The Kier molecular flexibility index (Phi) is 3.83. The van der Waals surface area contributed by atoms with Crippen LogP contribution in [0.15, 0.2) is 24.3 Å². The van der Waals surface area contributed by atoms with Crippen LogP contribution in [0.5, 0.6) is 0 Å². The van der Waals surface area contributed by atoms with Gasteiger partial charge < -0.3 is 10.6 Å². The Hall–Kier alpha value is -1.91. The molecule has 0 aromatic heterocycles. The number of carbonyl (C=O) groups is 2. The minimum atomic E-state index is -0.931. The van der Waals surface area contributed by atoms with Crippen LogP contribution >= 0.6 is 0 Å². The van der Waals surface area contributed by atoms with Gasteiger partial charge in [0.05, 0.1) is 0 Å². The summed E-state index contributed by atoms with van der Waals surface area (Å²) in [5.41, 5.74) is -0.537. The van der Waals surface area contributed by atoms with Crippen molar-refractivity contribution in [1.82, 2.24) is 5.32 Å². The van der Waals surface area contributed by atoms with Crippen molar-refractivity contribution >= 4 is 17.5 Å². The summed E-state index contributed by atoms with van der Waals surface area (Å²) in [6.07, 6.45) is 2.63. The van der Waals surface area contributed by atoms with Crippen LogP contribution in [0.3, 0.4) is 0 Å². The van der Waals surface area contributed by atoms with Crippen molar-refractivity contribution in [2.45, 2.75) is 38.1 Å². The summed E-state index contributed by atoms with van der Waals surface area (Å²) in [6.45, 7) is 1.70. The number of hydrogen-bond donors (Lipinski definition) is 2. The molecule has 1 fully saturated rings. The fraction of sp³-hybridized carbons (Fsp3) is 0.429. The fourth-order valence-electron chi connectivity index (χ4n) is 2.20. The van der Waals surface area contributed by atoms with E-state index >= 15 is 0 Å². The molecule has 0 bridgehead atoms. The zero-order valence-corrected chi connectivity index (χ0v) is 10.8. The molecule has 1 heterocycles. The number of hydrogen-bond acceptors (Lipinski definition) is 2. The third-order valence-corrected chi connectivity index (χ3v) is 3.33. The largest absolute Gasteiger partial charge is 0.342 e. The predicted octanol–water partition coefficient (Wildman–Crippen LogP) is 2.21. The van der Waals surface area contributed by atoms with Gasteiger partial charge in [-0.25, -0.2) is 4.39 Å². The van der Waals surface area contributed by atoms with Crippen LogP contribution in [0.1, 0.15) is 32.6 Å².